The van der Waals surface area contributed by atoms with Gasteiger partial charge in [0.2, 0.25) is 0 Å². The van der Waals surface area contributed by atoms with Crippen LogP contribution in [0.25, 0.3) is 0 Å². The van der Waals surface area contributed by atoms with E-state index >= 15 is 0 Å². The molecule has 0 atom stereocenters. The SMILES string of the molecule is COc1cccc(CNC(=O)COc2ccc(C(F)(F)F)cc2)c1. The molecule has 0 aliphatic carbocycles. The predicted octanol–water partition coefficient (Wildman–Crippen LogP) is 3.41. The molecular weight excluding hydrogens is 323 g/mol. The fourth-order valence-corrected chi connectivity index (χ4v) is 1.92. The molecule has 2 rings (SSSR count). The number of alkyl halides is 3. The molecule has 0 aliphatic heterocycles. The van der Waals surface area contributed by atoms with E-state index in [1.807, 2.05) is 6.07 Å². The molecule has 24 heavy (non-hydrogen) atoms. The summed E-state index contributed by atoms with van der Waals surface area (Å²) in [5.41, 5.74) is 0.0922. The predicted molar refractivity (Wildman–Crippen MR) is 81.8 cm³/mol. The summed E-state index contributed by atoms with van der Waals surface area (Å²) >= 11 is 0. The fourth-order valence-electron chi connectivity index (χ4n) is 1.92. The maximum absolute atomic E-state index is 12.4. The minimum absolute atomic E-state index is 0.194. The summed E-state index contributed by atoms with van der Waals surface area (Å²) < 4.78 is 47.6. The average Bonchev–Trinajstić information content (AvgIpc) is 2.58. The van der Waals surface area contributed by atoms with Crippen LogP contribution in [-0.2, 0) is 17.5 Å². The summed E-state index contributed by atoms with van der Waals surface area (Å²) in [5.74, 6) is 0.500. The highest BCUT2D eigenvalue weighted by atomic mass is 19.4. The Kier molecular flexibility index (Phi) is 5.68. The topological polar surface area (TPSA) is 47.6 Å². The zero-order valence-electron chi connectivity index (χ0n) is 12.9. The van der Waals surface area contributed by atoms with Crippen LogP contribution >= 0.6 is 0 Å². The van der Waals surface area contributed by atoms with Crippen molar-refractivity contribution in [3.63, 3.8) is 0 Å². The number of rotatable bonds is 6. The summed E-state index contributed by atoms with van der Waals surface area (Å²) in [6.07, 6.45) is -4.40. The Morgan fingerprint density at radius 3 is 2.42 bits per heavy atom. The summed E-state index contributed by atoms with van der Waals surface area (Å²) in [6.45, 7) is 0.0156. The molecule has 1 N–H and O–H groups in total. The number of benzene rings is 2. The number of hydrogen-bond donors (Lipinski definition) is 1. The van der Waals surface area contributed by atoms with Crippen LogP contribution in [0.4, 0.5) is 13.2 Å². The van der Waals surface area contributed by atoms with Crippen molar-refractivity contribution in [3.8, 4) is 11.5 Å². The molecule has 0 saturated heterocycles. The highest BCUT2D eigenvalue weighted by Crippen LogP contribution is 2.30. The molecular formula is C17H16F3NO3. The van der Waals surface area contributed by atoms with Crippen LogP contribution in [0.5, 0.6) is 11.5 Å². The Morgan fingerprint density at radius 1 is 1.08 bits per heavy atom. The van der Waals surface area contributed by atoms with Gasteiger partial charge < -0.3 is 14.8 Å². The lowest BCUT2D eigenvalue weighted by Gasteiger charge is -2.10. The molecule has 0 saturated carbocycles. The van der Waals surface area contributed by atoms with Gasteiger partial charge >= 0.3 is 6.18 Å². The summed E-state index contributed by atoms with van der Waals surface area (Å²) in [6, 6.07) is 11.4. The minimum atomic E-state index is -4.40. The van der Waals surface area contributed by atoms with Crippen molar-refractivity contribution >= 4 is 5.91 Å². The average molecular weight is 339 g/mol. The zero-order valence-corrected chi connectivity index (χ0v) is 12.9. The van der Waals surface area contributed by atoms with Crippen LogP contribution < -0.4 is 14.8 Å². The molecule has 128 valence electrons. The Morgan fingerprint density at radius 2 is 1.79 bits per heavy atom. The molecule has 0 spiro atoms. The first kappa shape index (κ1) is 17.7. The van der Waals surface area contributed by atoms with Gasteiger partial charge in [-0.3, -0.25) is 4.79 Å². The van der Waals surface area contributed by atoms with E-state index in [4.69, 9.17) is 9.47 Å². The normalized spacial score (nSPS) is 11.0. The maximum Gasteiger partial charge on any atom is 0.416 e. The van der Waals surface area contributed by atoms with Gasteiger partial charge in [-0.1, -0.05) is 12.1 Å². The van der Waals surface area contributed by atoms with Crippen molar-refractivity contribution in [2.24, 2.45) is 0 Å². The molecule has 2 aromatic rings. The van der Waals surface area contributed by atoms with E-state index in [9.17, 15) is 18.0 Å². The van der Waals surface area contributed by atoms with E-state index < -0.39 is 11.7 Å². The van der Waals surface area contributed by atoms with Crippen molar-refractivity contribution in [2.45, 2.75) is 12.7 Å². The van der Waals surface area contributed by atoms with E-state index in [2.05, 4.69) is 5.32 Å². The van der Waals surface area contributed by atoms with Crippen LogP contribution in [-0.4, -0.2) is 19.6 Å². The first-order valence-electron chi connectivity index (χ1n) is 7.08. The Hall–Kier alpha value is -2.70. The Labute approximate surface area is 137 Å². The summed E-state index contributed by atoms with van der Waals surface area (Å²) in [4.78, 5) is 11.7. The van der Waals surface area contributed by atoms with Crippen molar-refractivity contribution in [1.29, 1.82) is 0 Å². The van der Waals surface area contributed by atoms with Crippen LogP contribution in [0.15, 0.2) is 48.5 Å². The first-order chi connectivity index (χ1) is 11.4. The highest BCUT2D eigenvalue weighted by Gasteiger charge is 2.30. The number of carbonyl (C=O) groups is 1. The molecule has 0 fully saturated rings. The van der Waals surface area contributed by atoms with Gasteiger partial charge in [0.1, 0.15) is 11.5 Å². The molecule has 0 radical (unpaired) electrons. The standard InChI is InChI=1S/C17H16F3NO3/c1-23-15-4-2-3-12(9-15)10-21-16(22)11-24-14-7-5-13(6-8-14)17(18,19)20/h2-9H,10-11H2,1H3,(H,21,22). The van der Waals surface area contributed by atoms with Crippen LogP contribution in [0.1, 0.15) is 11.1 Å². The molecule has 0 heterocycles. The lowest BCUT2D eigenvalue weighted by Crippen LogP contribution is -2.28. The van der Waals surface area contributed by atoms with Crippen LogP contribution in [0.2, 0.25) is 0 Å². The summed E-state index contributed by atoms with van der Waals surface area (Å²) in [7, 11) is 1.55. The van der Waals surface area contributed by atoms with E-state index in [0.717, 1.165) is 17.7 Å². The smallest absolute Gasteiger partial charge is 0.416 e. The summed E-state index contributed by atoms with van der Waals surface area (Å²) in [5, 5.41) is 2.66. The van der Waals surface area contributed by atoms with Crippen molar-refractivity contribution < 1.29 is 27.4 Å². The van der Waals surface area contributed by atoms with Gasteiger partial charge in [0.15, 0.2) is 6.61 Å². The van der Waals surface area contributed by atoms with Gasteiger partial charge in [-0.25, -0.2) is 0 Å². The van der Waals surface area contributed by atoms with Crippen LogP contribution in [0, 0.1) is 0 Å². The third kappa shape index (κ3) is 5.19. The Balaban J connectivity index is 1.80. The largest absolute Gasteiger partial charge is 0.497 e. The van der Waals surface area contributed by atoms with Gasteiger partial charge in [-0.05, 0) is 42.0 Å². The number of ether oxygens (including phenoxy) is 2. The molecule has 0 bridgehead atoms. The van der Waals surface area contributed by atoms with Crippen molar-refractivity contribution in [1.82, 2.24) is 5.32 Å². The first-order valence-corrected chi connectivity index (χ1v) is 7.08. The molecule has 0 unspecified atom stereocenters. The zero-order chi connectivity index (χ0) is 17.6. The van der Waals surface area contributed by atoms with E-state index in [-0.39, 0.29) is 18.3 Å². The van der Waals surface area contributed by atoms with E-state index in [1.54, 1.807) is 25.3 Å². The molecule has 7 heteroatoms. The third-order valence-corrected chi connectivity index (χ3v) is 3.18. The number of nitrogens with one attached hydrogen (secondary N) is 1. The Bertz CT molecular complexity index is 684. The van der Waals surface area contributed by atoms with E-state index in [1.165, 1.54) is 12.1 Å². The van der Waals surface area contributed by atoms with Crippen LogP contribution in [0.3, 0.4) is 0 Å². The molecule has 4 nitrogen and oxygen atoms in total. The molecule has 0 aromatic heterocycles. The van der Waals surface area contributed by atoms with Gasteiger partial charge in [0, 0.05) is 6.54 Å². The molecule has 1 amide bonds. The fraction of sp³-hybridized carbons (Fsp3) is 0.235. The quantitative estimate of drug-likeness (QED) is 0.877. The van der Waals surface area contributed by atoms with Gasteiger partial charge in [-0.2, -0.15) is 13.2 Å². The number of methoxy groups -OCH3 is 1. The van der Waals surface area contributed by atoms with Gasteiger partial charge in [-0.15, -0.1) is 0 Å². The number of carbonyl (C=O) groups excluding carboxylic acids is 1. The van der Waals surface area contributed by atoms with E-state index in [0.29, 0.717) is 12.3 Å². The third-order valence-electron chi connectivity index (χ3n) is 3.18. The number of hydrogen-bond acceptors (Lipinski definition) is 3. The number of amides is 1. The number of halogens is 3. The second-order valence-electron chi connectivity index (χ2n) is 4.94. The lowest BCUT2D eigenvalue weighted by molar-refractivity contribution is -0.137. The second-order valence-corrected chi connectivity index (χ2v) is 4.94. The maximum atomic E-state index is 12.4. The molecule has 0 aliphatic rings. The van der Waals surface area contributed by atoms with Gasteiger partial charge in [0.25, 0.3) is 5.91 Å². The monoisotopic (exact) mass is 339 g/mol. The van der Waals surface area contributed by atoms with Gasteiger partial charge in [0.05, 0.1) is 12.7 Å². The minimum Gasteiger partial charge on any atom is -0.497 e. The van der Waals surface area contributed by atoms with Crippen molar-refractivity contribution in [3.05, 3.63) is 59.7 Å². The molecule has 2 aromatic carbocycles. The second kappa shape index (κ2) is 7.72. The lowest BCUT2D eigenvalue weighted by atomic mass is 10.2. The highest BCUT2D eigenvalue weighted by molar-refractivity contribution is 5.77. The van der Waals surface area contributed by atoms with Crippen molar-refractivity contribution in [2.75, 3.05) is 13.7 Å².